The number of hydrogen-bond donors (Lipinski definition) is 7. The van der Waals surface area contributed by atoms with Crippen LogP contribution in [-0.2, 0) is 38.0 Å². The molecule has 4 aliphatic heterocycles. The number of anilines is 1. The Labute approximate surface area is 417 Å². The fourth-order valence-corrected chi connectivity index (χ4v) is 11.4. The summed E-state index contributed by atoms with van der Waals surface area (Å²) in [4.78, 5) is 32.7. The zero-order valence-electron chi connectivity index (χ0n) is 44.3. The molecule has 5 rings (SSSR count). The number of methoxy groups -OCH3 is 1. The van der Waals surface area contributed by atoms with E-state index in [9.17, 15) is 35.1 Å². The molecule has 18 heteroatoms. The van der Waals surface area contributed by atoms with Gasteiger partial charge in [-0.25, -0.2) is 4.79 Å². The van der Waals surface area contributed by atoms with Crippen LogP contribution < -0.4 is 15.5 Å². The molecular weight excluding hydrogens is 905 g/mol. The molecular formula is C52H90N4O14. The summed E-state index contributed by atoms with van der Waals surface area (Å²) in [6.07, 6.45) is -7.18. The molecule has 2 amide bonds. The van der Waals surface area contributed by atoms with Gasteiger partial charge < -0.3 is 74.2 Å². The summed E-state index contributed by atoms with van der Waals surface area (Å²) in [5.41, 5.74) is -5.51. The first-order valence-corrected chi connectivity index (χ1v) is 25.9. The van der Waals surface area contributed by atoms with Crippen LogP contribution in [0.2, 0.25) is 0 Å². The molecule has 0 spiro atoms. The van der Waals surface area contributed by atoms with Crippen molar-refractivity contribution in [1.82, 2.24) is 15.5 Å². The van der Waals surface area contributed by atoms with Gasteiger partial charge in [-0.3, -0.25) is 9.69 Å². The number of esters is 1. The Kier molecular flexibility index (Phi) is 20.5. The van der Waals surface area contributed by atoms with Crippen molar-refractivity contribution in [3.63, 3.8) is 0 Å². The van der Waals surface area contributed by atoms with Crippen LogP contribution in [0.4, 0.5) is 10.5 Å². The van der Waals surface area contributed by atoms with E-state index < -0.39 is 108 Å². The number of carbonyl (C=O) groups is 2. The number of ether oxygens (including phenoxy) is 7. The van der Waals surface area contributed by atoms with Crippen LogP contribution in [0.3, 0.4) is 0 Å². The maximum absolute atomic E-state index is 14.7. The molecule has 4 heterocycles. The van der Waals surface area contributed by atoms with E-state index in [1.54, 1.807) is 65.3 Å². The highest BCUT2D eigenvalue weighted by Gasteiger charge is 2.58. The second-order valence-corrected chi connectivity index (χ2v) is 21.7. The monoisotopic (exact) mass is 995 g/mol. The zero-order valence-corrected chi connectivity index (χ0v) is 44.3. The van der Waals surface area contributed by atoms with Gasteiger partial charge in [0, 0.05) is 64.0 Å². The average molecular weight is 995 g/mol. The van der Waals surface area contributed by atoms with E-state index in [0.717, 1.165) is 12.1 Å². The average Bonchev–Trinajstić information content (AvgIpc) is 3.32. The Morgan fingerprint density at radius 2 is 1.60 bits per heavy atom. The molecule has 7 N–H and O–H groups in total. The third kappa shape index (κ3) is 13.0. The number of benzene rings is 1. The van der Waals surface area contributed by atoms with Gasteiger partial charge in [-0.05, 0) is 118 Å². The van der Waals surface area contributed by atoms with Crippen molar-refractivity contribution in [2.24, 2.45) is 17.8 Å². The zero-order chi connectivity index (χ0) is 51.9. The second-order valence-electron chi connectivity index (χ2n) is 21.7. The first kappa shape index (κ1) is 58.3. The Hall–Kier alpha value is -2.56. The minimum Gasteiger partial charge on any atom is -0.459 e. The van der Waals surface area contributed by atoms with Crippen molar-refractivity contribution in [3.8, 4) is 0 Å². The van der Waals surface area contributed by atoms with Crippen LogP contribution in [0, 0.1) is 17.8 Å². The van der Waals surface area contributed by atoms with Gasteiger partial charge in [-0.15, -0.1) is 0 Å². The highest BCUT2D eigenvalue weighted by atomic mass is 16.7. The lowest BCUT2D eigenvalue weighted by Gasteiger charge is -2.53. The van der Waals surface area contributed by atoms with Gasteiger partial charge in [0.25, 0.3) is 0 Å². The van der Waals surface area contributed by atoms with Gasteiger partial charge in [-0.1, -0.05) is 45.9 Å². The van der Waals surface area contributed by atoms with E-state index in [0.29, 0.717) is 39.1 Å². The summed E-state index contributed by atoms with van der Waals surface area (Å²) >= 11 is 0. The maximum atomic E-state index is 14.7. The number of carbonyl (C=O) groups excluding carboxylic acids is 2. The lowest BCUT2D eigenvalue weighted by molar-refractivity contribution is -0.336. The molecule has 0 bridgehead atoms. The van der Waals surface area contributed by atoms with Crippen molar-refractivity contribution in [2.45, 2.75) is 217 Å². The fraction of sp³-hybridized carbons (Fsp3) is 0.846. The first-order chi connectivity index (χ1) is 32.9. The lowest BCUT2D eigenvalue weighted by atomic mass is 9.75. The van der Waals surface area contributed by atoms with E-state index in [4.69, 9.17) is 33.2 Å². The van der Waals surface area contributed by atoms with E-state index >= 15 is 0 Å². The first-order valence-electron chi connectivity index (χ1n) is 25.9. The number of para-hydroxylation sites is 1. The Morgan fingerprint density at radius 3 is 2.21 bits per heavy atom. The van der Waals surface area contributed by atoms with Gasteiger partial charge in [0.05, 0.1) is 42.0 Å². The van der Waals surface area contributed by atoms with Crippen LogP contribution in [0.25, 0.3) is 0 Å². The smallest absolute Gasteiger partial charge is 0.324 e. The van der Waals surface area contributed by atoms with Crippen LogP contribution in [0.1, 0.15) is 121 Å². The summed E-state index contributed by atoms with van der Waals surface area (Å²) in [7, 11) is 3.20. The summed E-state index contributed by atoms with van der Waals surface area (Å²) in [5, 5.41) is 67.5. The van der Waals surface area contributed by atoms with Gasteiger partial charge >= 0.3 is 12.0 Å². The predicted molar refractivity (Wildman–Crippen MR) is 264 cm³/mol. The van der Waals surface area contributed by atoms with E-state index in [2.05, 4.69) is 10.6 Å². The van der Waals surface area contributed by atoms with Crippen molar-refractivity contribution in [3.05, 3.63) is 30.3 Å². The second kappa shape index (κ2) is 24.6. The normalized spacial score (nSPS) is 42.0. The van der Waals surface area contributed by atoms with Crippen LogP contribution >= 0.6 is 0 Å². The SMILES string of the molecule is CCCNC[C@]1(O)[C@H](C)O[C@@H](O[C@H]2[C@H](C)[C@@H](O[C@@H]3O[C@H](C)C[C@H](N(C)C(=O)N(c4ccccc4)C4CCOCC4)[C@H]3O)[C@](C)(O)C[C@@H](C)CN[C@H](C)[C@@H](O)[C@](C)(O)[C@@H](CC)OC(=O)[C@@H]2C)C[C@@]1(C)OC. The number of nitrogens with zero attached hydrogens (tertiary/aromatic N) is 2. The summed E-state index contributed by atoms with van der Waals surface area (Å²) in [6.45, 7) is 21.6. The number of nitrogens with one attached hydrogen (secondary N) is 2. The lowest BCUT2D eigenvalue weighted by Crippen LogP contribution is -2.70. The molecule has 0 aliphatic carbocycles. The molecule has 0 unspecified atom stereocenters. The molecule has 18 nitrogen and oxygen atoms in total. The topological polar surface area (TPSA) is 230 Å². The van der Waals surface area contributed by atoms with Gasteiger partial charge in [0.15, 0.2) is 12.6 Å². The summed E-state index contributed by atoms with van der Waals surface area (Å²) in [6, 6.07) is 7.61. The number of rotatable bonds is 13. The molecule has 0 radical (unpaired) electrons. The third-order valence-electron chi connectivity index (χ3n) is 15.9. The van der Waals surface area contributed by atoms with Crippen molar-refractivity contribution < 1.29 is 68.3 Å². The number of likely N-dealkylation sites (N-methyl/N-ethyl adjacent to an activating group) is 1. The number of urea groups is 1. The molecule has 1 aromatic carbocycles. The van der Waals surface area contributed by atoms with Crippen LogP contribution in [0.5, 0.6) is 0 Å². The molecule has 402 valence electrons. The van der Waals surface area contributed by atoms with Crippen LogP contribution in [0.15, 0.2) is 30.3 Å². The van der Waals surface area contributed by atoms with Crippen molar-refractivity contribution >= 4 is 17.7 Å². The van der Waals surface area contributed by atoms with Gasteiger partial charge in [0.1, 0.15) is 35.1 Å². The molecule has 1 aromatic rings. The highest BCUT2D eigenvalue weighted by Crippen LogP contribution is 2.43. The van der Waals surface area contributed by atoms with Crippen molar-refractivity contribution in [1.29, 1.82) is 0 Å². The molecule has 18 atom stereocenters. The highest BCUT2D eigenvalue weighted by molar-refractivity contribution is 5.92. The molecule has 4 saturated heterocycles. The molecule has 70 heavy (non-hydrogen) atoms. The maximum Gasteiger partial charge on any atom is 0.324 e. The molecule has 0 aromatic heterocycles. The quantitative estimate of drug-likeness (QED) is 0.109. The molecule has 4 aliphatic rings. The Morgan fingerprint density at radius 1 is 0.943 bits per heavy atom. The number of aliphatic hydroxyl groups excluding tert-OH is 2. The Balaban J connectivity index is 1.55. The van der Waals surface area contributed by atoms with Gasteiger partial charge in [-0.2, -0.15) is 0 Å². The third-order valence-corrected chi connectivity index (χ3v) is 15.9. The predicted octanol–water partition coefficient (Wildman–Crippen LogP) is 4.10. The summed E-state index contributed by atoms with van der Waals surface area (Å²) < 4.78 is 44.7. The molecule has 0 saturated carbocycles. The van der Waals surface area contributed by atoms with Gasteiger partial charge in [0.2, 0.25) is 0 Å². The largest absolute Gasteiger partial charge is 0.459 e. The number of aliphatic hydroxyl groups is 5. The van der Waals surface area contributed by atoms with Crippen molar-refractivity contribution in [2.75, 3.05) is 51.9 Å². The number of amides is 2. The van der Waals surface area contributed by atoms with E-state index in [1.165, 1.54) is 14.0 Å². The minimum absolute atomic E-state index is 0.0437. The fourth-order valence-electron chi connectivity index (χ4n) is 11.4. The number of cyclic esters (lactones) is 1. The van der Waals surface area contributed by atoms with E-state index in [1.807, 2.05) is 51.1 Å². The Bertz CT molecular complexity index is 1790. The van der Waals surface area contributed by atoms with E-state index in [-0.39, 0.29) is 50.2 Å². The molecule has 4 fully saturated rings. The number of hydrogen-bond acceptors (Lipinski definition) is 16. The standard InChI is InChI=1S/C52H90N4O14/c1-14-23-53-30-52(63)36(8)67-41(28-50(52,10)64-13)69-43-33(5)45(49(9,61)27-31(3)29-54-35(7)44(58)51(11,62)40(15-2)68-46(59)34(43)6)70-47-42(57)39(26-32(4)66-47)55(12)48(60)56(37-19-17-16-18-20-37)38-21-24-65-25-22-38/h16-20,31-36,38-45,47,53-54,57-58,61-63H,14-15,21-30H2,1-13H3/t31-,32-,33+,34-,35-,36+,39+,40-,41+,42-,43+,44-,45-,47+,49-,50-,51-,52+/m1/s1. The summed E-state index contributed by atoms with van der Waals surface area (Å²) in [5.74, 6) is -2.99. The minimum atomic E-state index is -1.86. The van der Waals surface area contributed by atoms with Crippen LogP contribution in [-0.4, -0.2) is 185 Å².